The Balaban J connectivity index is 3.00. The smallest absolute Gasteiger partial charge is 0.146 e. The molecule has 0 spiro atoms. The topological polar surface area (TPSA) is 0 Å². The zero-order valence-corrected chi connectivity index (χ0v) is 11.6. The summed E-state index contributed by atoms with van der Waals surface area (Å²) in [7, 11) is 0. The first-order valence-corrected chi connectivity index (χ1v) is 6.31. The fraction of sp³-hybridized carbons (Fsp3) is 0.455. The maximum absolute atomic E-state index is 13.8. The second-order valence-corrected chi connectivity index (χ2v) is 5.66. The molecule has 2 atom stereocenters. The van der Waals surface area contributed by atoms with Crippen LogP contribution in [-0.4, -0.2) is 5.38 Å². The molecule has 0 heterocycles. The second kappa shape index (κ2) is 5.51. The molecule has 0 fully saturated rings. The van der Waals surface area contributed by atoms with Gasteiger partial charge in [0.15, 0.2) is 0 Å². The minimum absolute atomic E-state index is 0.0295. The van der Waals surface area contributed by atoms with Crippen LogP contribution in [-0.2, 0) is 0 Å². The van der Waals surface area contributed by atoms with Crippen molar-refractivity contribution in [3.8, 4) is 0 Å². The Morgan fingerprint density at radius 1 is 1.40 bits per heavy atom. The molecular weight excluding hydrogens is 302 g/mol. The fourth-order valence-electron chi connectivity index (χ4n) is 1.54. The molecule has 0 aliphatic carbocycles. The fourth-order valence-corrected chi connectivity index (χ4v) is 2.28. The summed E-state index contributed by atoms with van der Waals surface area (Å²) in [6.45, 7) is 3.85. The van der Waals surface area contributed by atoms with Crippen molar-refractivity contribution in [3.05, 3.63) is 33.0 Å². The van der Waals surface area contributed by atoms with Crippen molar-refractivity contribution in [2.45, 2.75) is 31.6 Å². The lowest BCUT2D eigenvalue weighted by Gasteiger charge is -2.15. The van der Waals surface area contributed by atoms with Crippen LogP contribution >= 0.6 is 39.1 Å². The van der Waals surface area contributed by atoms with E-state index in [0.29, 0.717) is 10.0 Å². The largest absolute Gasteiger partial charge is 0.205 e. The highest BCUT2D eigenvalue weighted by molar-refractivity contribution is 9.10. The zero-order valence-electron chi connectivity index (χ0n) is 8.53. The van der Waals surface area contributed by atoms with Crippen LogP contribution in [0.15, 0.2) is 16.6 Å². The van der Waals surface area contributed by atoms with E-state index in [1.807, 2.05) is 13.8 Å². The van der Waals surface area contributed by atoms with Gasteiger partial charge in [-0.1, -0.05) is 24.6 Å². The number of halogens is 4. The summed E-state index contributed by atoms with van der Waals surface area (Å²) in [6.07, 6.45) is 0.733. The van der Waals surface area contributed by atoms with Gasteiger partial charge in [0, 0.05) is 9.85 Å². The molecule has 0 saturated heterocycles. The molecule has 0 nitrogen and oxygen atoms in total. The Morgan fingerprint density at radius 3 is 2.53 bits per heavy atom. The SMILES string of the molecule is CC(Cl)CC(C)c1ccc(Br)c(Cl)c1F. The number of hydrogen-bond donors (Lipinski definition) is 0. The maximum atomic E-state index is 13.8. The first-order chi connectivity index (χ1) is 6.93. The van der Waals surface area contributed by atoms with Crippen LogP contribution in [0, 0.1) is 5.82 Å². The van der Waals surface area contributed by atoms with Gasteiger partial charge >= 0.3 is 0 Å². The van der Waals surface area contributed by atoms with Gasteiger partial charge in [0.25, 0.3) is 0 Å². The lowest BCUT2D eigenvalue weighted by atomic mass is 9.96. The molecule has 0 aliphatic rings. The Hall–Kier alpha value is 0.210. The third kappa shape index (κ3) is 3.33. The maximum Gasteiger partial charge on any atom is 0.146 e. The highest BCUT2D eigenvalue weighted by Crippen LogP contribution is 2.33. The number of hydrogen-bond acceptors (Lipinski definition) is 0. The van der Waals surface area contributed by atoms with Crippen LogP contribution in [0.25, 0.3) is 0 Å². The molecule has 0 saturated carbocycles. The first-order valence-electron chi connectivity index (χ1n) is 4.71. The Bertz CT molecular complexity index is 353. The van der Waals surface area contributed by atoms with E-state index in [2.05, 4.69) is 15.9 Å². The normalized spacial score (nSPS) is 15.1. The van der Waals surface area contributed by atoms with Crippen LogP contribution in [0.2, 0.25) is 5.02 Å². The lowest BCUT2D eigenvalue weighted by molar-refractivity contribution is 0.572. The van der Waals surface area contributed by atoms with Gasteiger partial charge in [-0.05, 0) is 46.8 Å². The third-order valence-corrected chi connectivity index (χ3v) is 3.71. The van der Waals surface area contributed by atoms with Gasteiger partial charge in [-0.3, -0.25) is 0 Å². The third-order valence-electron chi connectivity index (χ3n) is 2.27. The van der Waals surface area contributed by atoms with Crippen molar-refractivity contribution in [1.29, 1.82) is 0 Å². The molecule has 0 amide bonds. The summed E-state index contributed by atoms with van der Waals surface area (Å²) in [5.41, 5.74) is 0.621. The molecule has 4 heteroatoms. The molecule has 1 aromatic rings. The summed E-state index contributed by atoms with van der Waals surface area (Å²) >= 11 is 14.9. The van der Waals surface area contributed by atoms with Gasteiger partial charge in [-0.15, -0.1) is 11.6 Å². The standard InChI is InChI=1S/C11H12BrCl2F/c1-6(5-7(2)13)8-3-4-9(12)10(14)11(8)15/h3-4,6-7H,5H2,1-2H3. The van der Waals surface area contributed by atoms with Gasteiger partial charge in [0.2, 0.25) is 0 Å². The zero-order chi connectivity index (χ0) is 11.6. The summed E-state index contributed by atoms with van der Waals surface area (Å²) in [4.78, 5) is 0. The van der Waals surface area contributed by atoms with E-state index >= 15 is 0 Å². The van der Waals surface area contributed by atoms with Gasteiger partial charge in [0.1, 0.15) is 5.82 Å². The van der Waals surface area contributed by atoms with Crippen LogP contribution < -0.4 is 0 Å². The number of alkyl halides is 1. The summed E-state index contributed by atoms with van der Waals surface area (Å²) in [6, 6.07) is 3.51. The Kier molecular flexibility index (Phi) is 4.88. The highest BCUT2D eigenvalue weighted by atomic mass is 79.9. The average Bonchev–Trinajstić information content (AvgIpc) is 2.13. The average molecular weight is 314 g/mol. The van der Waals surface area contributed by atoms with Crippen LogP contribution in [0.5, 0.6) is 0 Å². The second-order valence-electron chi connectivity index (χ2n) is 3.68. The first kappa shape index (κ1) is 13.3. The molecule has 1 aromatic carbocycles. The quantitative estimate of drug-likeness (QED) is 0.520. The summed E-state index contributed by atoms with van der Waals surface area (Å²) in [5, 5.41) is 0.170. The van der Waals surface area contributed by atoms with E-state index in [4.69, 9.17) is 23.2 Å². The van der Waals surface area contributed by atoms with Crippen LogP contribution in [0.1, 0.15) is 31.7 Å². The molecule has 84 valence electrons. The van der Waals surface area contributed by atoms with Crippen molar-refractivity contribution in [3.63, 3.8) is 0 Å². The van der Waals surface area contributed by atoms with E-state index in [1.54, 1.807) is 12.1 Å². The van der Waals surface area contributed by atoms with Crippen LogP contribution in [0.4, 0.5) is 4.39 Å². The Labute approximate surface area is 108 Å². The van der Waals surface area contributed by atoms with Gasteiger partial charge in [-0.25, -0.2) is 4.39 Å². The minimum Gasteiger partial charge on any atom is -0.205 e. The number of rotatable bonds is 3. The van der Waals surface area contributed by atoms with E-state index in [1.165, 1.54) is 0 Å². The van der Waals surface area contributed by atoms with Crippen molar-refractivity contribution in [1.82, 2.24) is 0 Å². The van der Waals surface area contributed by atoms with E-state index in [-0.39, 0.29) is 22.1 Å². The van der Waals surface area contributed by atoms with Gasteiger partial charge in [0.05, 0.1) is 5.02 Å². The predicted octanol–water partition coefficient (Wildman–Crippen LogP) is 5.36. The lowest BCUT2D eigenvalue weighted by Crippen LogP contribution is -2.03. The Morgan fingerprint density at radius 2 is 2.00 bits per heavy atom. The molecule has 0 aliphatic heterocycles. The van der Waals surface area contributed by atoms with Crippen molar-refractivity contribution in [2.24, 2.45) is 0 Å². The van der Waals surface area contributed by atoms with Crippen LogP contribution in [0.3, 0.4) is 0 Å². The summed E-state index contributed by atoms with van der Waals surface area (Å²) in [5.74, 6) is -0.279. The minimum atomic E-state index is -0.351. The van der Waals surface area contributed by atoms with Gasteiger partial charge < -0.3 is 0 Å². The predicted molar refractivity (Wildman–Crippen MR) is 67.5 cm³/mol. The molecule has 0 radical (unpaired) electrons. The van der Waals surface area contributed by atoms with Crippen molar-refractivity contribution < 1.29 is 4.39 Å². The summed E-state index contributed by atoms with van der Waals surface area (Å²) < 4.78 is 14.3. The molecule has 15 heavy (non-hydrogen) atoms. The molecule has 1 rings (SSSR count). The highest BCUT2D eigenvalue weighted by Gasteiger charge is 2.16. The molecule has 0 aromatic heterocycles. The number of benzene rings is 1. The molecule has 0 bridgehead atoms. The van der Waals surface area contributed by atoms with E-state index < -0.39 is 0 Å². The monoisotopic (exact) mass is 312 g/mol. The van der Waals surface area contributed by atoms with E-state index in [0.717, 1.165) is 6.42 Å². The van der Waals surface area contributed by atoms with Crippen molar-refractivity contribution in [2.75, 3.05) is 0 Å². The van der Waals surface area contributed by atoms with Crippen molar-refractivity contribution >= 4 is 39.1 Å². The molecule has 2 unspecified atom stereocenters. The van der Waals surface area contributed by atoms with E-state index in [9.17, 15) is 4.39 Å². The van der Waals surface area contributed by atoms with Gasteiger partial charge in [-0.2, -0.15) is 0 Å². The molecule has 0 N–H and O–H groups in total. The molecular formula is C11H12BrCl2F.